The van der Waals surface area contributed by atoms with E-state index in [1.807, 2.05) is 0 Å². The number of ketones is 1. The third-order valence-corrected chi connectivity index (χ3v) is 2.43. The SMILES string of the molecule is CN(C)CC(=O)c1csc([N+](=O)[O-])c1. The molecule has 0 aliphatic carbocycles. The number of hydrogen-bond donors (Lipinski definition) is 0. The normalized spacial score (nSPS) is 10.5. The minimum absolute atomic E-state index is 0.00658. The van der Waals surface area contributed by atoms with Gasteiger partial charge in [0.05, 0.1) is 11.5 Å². The Morgan fingerprint density at radius 2 is 2.29 bits per heavy atom. The standard InChI is InChI=1S/C8H10N2O3S/c1-9(2)4-7(11)6-3-8(10(12)13)14-5-6/h3,5H,4H2,1-2H3. The fourth-order valence-electron chi connectivity index (χ4n) is 0.945. The quantitative estimate of drug-likeness (QED) is 0.431. The number of Topliss-reactive ketones (excluding diaryl/α,β-unsaturated/α-hetero) is 1. The first-order valence-corrected chi connectivity index (χ1v) is 4.79. The summed E-state index contributed by atoms with van der Waals surface area (Å²) in [5.41, 5.74) is 0.412. The van der Waals surface area contributed by atoms with E-state index in [4.69, 9.17) is 0 Å². The molecule has 0 amide bonds. The predicted molar refractivity (Wildman–Crippen MR) is 53.9 cm³/mol. The minimum Gasteiger partial charge on any atom is -0.302 e. The van der Waals surface area contributed by atoms with Crippen LogP contribution in [0.1, 0.15) is 10.4 Å². The molecule has 0 aliphatic rings. The van der Waals surface area contributed by atoms with Crippen molar-refractivity contribution in [2.45, 2.75) is 0 Å². The summed E-state index contributed by atoms with van der Waals surface area (Å²) in [5.74, 6) is -0.0978. The van der Waals surface area contributed by atoms with Crippen molar-refractivity contribution >= 4 is 22.1 Å². The van der Waals surface area contributed by atoms with Gasteiger partial charge in [0.1, 0.15) is 0 Å². The fraction of sp³-hybridized carbons (Fsp3) is 0.375. The largest absolute Gasteiger partial charge is 0.324 e. The molecule has 0 N–H and O–H groups in total. The highest BCUT2D eigenvalue weighted by atomic mass is 32.1. The molecule has 0 bridgehead atoms. The summed E-state index contributed by atoms with van der Waals surface area (Å²) in [6, 6.07) is 1.32. The molecule has 14 heavy (non-hydrogen) atoms. The highest BCUT2D eigenvalue weighted by Crippen LogP contribution is 2.22. The zero-order chi connectivity index (χ0) is 10.7. The topological polar surface area (TPSA) is 63.5 Å². The summed E-state index contributed by atoms with van der Waals surface area (Å²) in [7, 11) is 3.55. The van der Waals surface area contributed by atoms with Crippen molar-refractivity contribution in [2.24, 2.45) is 0 Å². The van der Waals surface area contributed by atoms with Crippen LogP contribution in [0.25, 0.3) is 0 Å². The molecule has 0 spiro atoms. The molecule has 1 heterocycles. The molecule has 0 fully saturated rings. The molecular formula is C8H10N2O3S. The van der Waals surface area contributed by atoms with Crippen LogP contribution in [0.4, 0.5) is 5.00 Å². The van der Waals surface area contributed by atoms with Crippen LogP contribution in [0.15, 0.2) is 11.4 Å². The minimum atomic E-state index is -0.489. The van der Waals surface area contributed by atoms with Gasteiger partial charge in [0.25, 0.3) is 0 Å². The first-order valence-electron chi connectivity index (χ1n) is 3.91. The highest BCUT2D eigenvalue weighted by Gasteiger charge is 2.14. The molecule has 0 radical (unpaired) electrons. The van der Waals surface area contributed by atoms with E-state index in [0.29, 0.717) is 5.56 Å². The summed E-state index contributed by atoms with van der Waals surface area (Å²) in [5, 5.41) is 11.9. The van der Waals surface area contributed by atoms with Crippen molar-refractivity contribution in [3.05, 3.63) is 27.1 Å². The van der Waals surface area contributed by atoms with Gasteiger partial charge in [-0.1, -0.05) is 11.3 Å². The van der Waals surface area contributed by atoms with E-state index in [0.717, 1.165) is 11.3 Å². The van der Waals surface area contributed by atoms with Crippen LogP contribution < -0.4 is 0 Å². The van der Waals surface area contributed by atoms with Crippen LogP contribution in [0.3, 0.4) is 0 Å². The van der Waals surface area contributed by atoms with Crippen molar-refractivity contribution in [1.29, 1.82) is 0 Å². The third kappa shape index (κ3) is 2.61. The van der Waals surface area contributed by atoms with E-state index in [2.05, 4.69) is 0 Å². The number of likely N-dealkylation sites (N-methyl/N-ethyl adjacent to an activating group) is 1. The lowest BCUT2D eigenvalue weighted by Crippen LogP contribution is -2.21. The van der Waals surface area contributed by atoms with Crippen LogP contribution in [0, 0.1) is 10.1 Å². The van der Waals surface area contributed by atoms with Gasteiger partial charge in [-0.3, -0.25) is 14.9 Å². The predicted octanol–water partition coefficient (Wildman–Crippen LogP) is 1.40. The lowest BCUT2D eigenvalue weighted by Gasteiger charge is -2.05. The second kappa shape index (κ2) is 4.30. The Balaban J connectivity index is 2.76. The average molecular weight is 214 g/mol. The molecule has 0 saturated heterocycles. The van der Waals surface area contributed by atoms with Crippen LogP contribution in [0.5, 0.6) is 0 Å². The van der Waals surface area contributed by atoms with E-state index < -0.39 is 4.92 Å². The maximum Gasteiger partial charge on any atom is 0.324 e. The fourth-order valence-corrected chi connectivity index (χ4v) is 1.67. The average Bonchev–Trinajstić information content (AvgIpc) is 2.50. The first kappa shape index (κ1) is 10.8. The van der Waals surface area contributed by atoms with E-state index in [9.17, 15) is 14.9 Å². The van der Waals surface area contributed by atoms with Gasteiger partial charge in [-0.2, -0.15) is 0 Å². The molecular weight excluding hydrogens is 204 g/mol. The van der Waals surface area contributed by atoms with Crippen molar-refractivity contribution in [1.82, 2.24) is 4.90 Å². The zero-order valence-electron chi connectivity index (χ0n) is 7.89. The molecule has 0 atom stereocenters. The Morgan fingerprint density at radius 1 is 1.64 bits per heavy atom. The molecule has 0 aliphatic heterocycles. The van der Waals surface area contributed by atoms with E-state index in [-0.39, 0.29) is 17.3 Å². The molecule has 0 aromatic carbocycles. The van der Waals surface area contributed by atoms with Gasteiger partial charge in [-0.25, -0.2) is 0 Å². The Kier molecular flexibility index (Phi) is 3.32. The van der Waals surface area contributed by atoms with Crippen LogP contribution >= 0.6 is 11.3 Å². The van der Waals surface area contributed by atoms with Gasteiger partial charge >= 0.3 is 5.00 Å². The smallest absolute Gasteiger partial charge is 0.302 e. The van der Waals surface area contributed by atoms with Gasteiger partial charge in [0.2, 0.25) is 0 Å². The molecule has 0 saturated carbocycles. The lowest BCUT2D eigenvalue weighted by atomic mass is 10.2. The number of carbonyl (C=O) groups excluding carboxylic acids is 1. The van der Waals surface area contributed by atoms with Gasteiger partial charge < -0.3 is 4.90 Å². The molecule has 1 aromatic rings. The van der Waals surface area contributed by atoms with Crippen LogP contribution in [-0.2, 0) is 0 Å². The van der Waals surface area contributed by atoms with Crippen LogP contribution in [-0.4, -0.2) is 36.2 Å². The molecule has 76 valence electrons. The lowest BCUT2D eigenvalue weighted by molar-refractivity contribution is -0.380. The zero-order valence-corrected chi connectivity index (χ0v) is 8.71. The molecule has 1 rings (SSSR count). The third-order valence-electron chi connectivity index (χ3n) is 1.55. The Bertz CT molecular complexity index is 359. The van der Waals surface area contributed by atoms with Gasteiger partial charge in [-0.05, 0) is 14.1 Å². The van der Waals surface area contributed by atoms with Gasteiger partial charge in [0, 0.05) is 17.0 Å². The summed E-state index contributed by atoms with van der Waals surface area (Å²) in [6.07, 6.45) is 0. The number of hydrogen-bond acceptors (Lipinski definition) is 5. The number of thiophene rings is 1. The van der Waals surface area contributed by atoms with Crippen molar-refractivity contribution in [3.8, 4) is 0 Å². The van der Waals surface area contributed by atoms with Crippen molar-refractivity contribution in [2.75, 3.05) is 20.6 Å². The van der Waals surface area contributed by atoms with Crippen molar-refractivity contribution in [3.63, 3.8) is 0 Å². The number of nitrogens with zero attached hydrogens (tertiary/aromatic N) is 2. The van der Waals surface area contributed by atoms with Gasteiger partial charge in [0.15, 0.2) is 5.78 Å². The van der Waals surface area contributed by atoms with E-state index in [1.165, 1.54) is 11.4 Å². The maximum atomic E-state index is 11.4. The first-order chi connectivity index (χ1) is 6.50. The summed E-state index contributed by atoms with van der Waals surface area (Å²) in [4.78, 5) is 23.0. The van der Waals surface area contributed by atoms with Crippen molar-refractivity contribution < 1.29 is 9.72 Å². The molecule has 6 heteroatoms. The summed E-state index contributed by atoms with van der Waals surface area (Å²) < 4.78 is 0. The summed E-state index contributed by atoms with van der Waals surface area (Å²) >= 11 is 0.975. The maximum absolute atomic E-state index is 11.4. The highest BCUT2D eigenvalue weighted by molar-refractivity contribution is 7.13. The van der Waals surface area contributed by atoms with Gasteiger partial charge in [-0.15, -0.1) is 0 Å². The number of carbonyl (C=O) groups is 1. The molecule has 1 aromatic heterocycles. The molecule has 5 nitrogen and oxygen atoms in total. The Labute approximate surface area is 85.1 Å². The number of nitro groups is 1. The second-order valence-corrected chi connectivity index (χ2v) is 3.98. The van der Waals surface area contributed by atoms with Crippen LogP contribution in [0.2, 0.25) is 0 Å². The number of rotatable bonds is 4. The Morgan fingerprint density at radius 3 is 2.71 bits per heavy atom. The van der Waals surface area contributed by atoms with E-state index in [1.54, 1.807) is 19.0 Å². The van der Waals surface area contributed by atoms with E-state index >= 15 is 0 Å². The second-order valence-electron chi connectivity index (χ2n) is 3.09. The molecule has 0 unspecified atom stereocenters. The monoisotopic (exact) mass is 214 g/mol. The Hall–Kier alpha value is -1.27. The summed E-state index contributed by atoms with van der Waals surface area (Å²) in [6.45, 7) is 0.272.